The second-order valence-electron chi connectivity index (χ2n) is 5.89. The van der Waals surface area contributed by atoms with E-state index >= 15 is 0 Å². The third kappa shape index (κ3) is 4.67. The number of carbonyl (C=O) groups is 2. The fourth-order valence-corrected chi connectivity index (χ4v) is 2.88. The van der Waals surface area contributed by atoms with E-state index in [1.165, 1.54) is 0 Å². The van der Waals surface area contributed by atoms with E-state index in [1.54, 1.807) is 0 Å². The van der Waals surface area contributed by atoms with Crippen LogP contribution >= 0.6 is 0 Å². The smallest absolute Gasteiger partial charge is 0.315 e. The van der Waals surface area contributed by atoms with E-state index in [2.05, 4.69) is 22.5 Å². The second kappa shape index (κ2) is 6.92. The molecule has 2 amide bonds. The lowest BCUT2D eigenvalue weighted by molar-refractivity contribution is -0.137. The maximum Gasteiger partial charge on any atom is 0.315 e. The summed E-state index contributed by atoms with van der Waals surface area (Å²) in [6, 6.07) is -0.266. The van der Waals surface area contributed by atoms with Gasteiger partial charge < -0.3 is 20.6 Å². The SMILES string of the molecule is CCN1CCCC(NC(=O)NC(CC(=O)O)C2CC2)C1. The van der Waals surface area contributed by atoms with Gasteiger partial charge in [0.15, 0.2) is 0 Å². The van der Waals surface area contributed by atoms with Gasteiger partial charge in [-0.05, 0) is 44.7 Å². The molecular weight excluding hydrogens is 258 g/mol. The molecule has 2 atom stereocenters. The molecule has 1 aliphatic carbocycles. The lowest BCUT2D eigenvalue weighted by Gasteiger charge is -2.32. The quantitative estimate of drug-likeness (QED) is 0.680. The maximum absolute atomic E-state index is 12.0. The Balaban J connectivity index is 1.77. The molecule has 2 unspecified atom stereocenters. The van der Waals surface area contributed by atoms with Crippen LogP contribution in [0.2, 0.25) is 0 Å². The maximum atomic E-state index is 12.0. The summed E-state index contributed by atoms with van der Waals surface area (Å²) in [5.41, 5.74) is 0. The monoisotopic (exact) mass is 283 g/mol. The number of nitrogens with zero attached hydrogens (tertiary/aromatic N) is 1. The van der Waals surface area contributed by atoms with Gasteiger partial charge in [0.2, 0.25) is 0 Å². The molecular formula is C14H25N3O3. The number of carboxylic acid groups (broad SMARTS) is 1. The van der Waals surface area contributed by atoms with Crippen molar-refractivity contribution in [3.05, 3.63) is 0 Å². The normalized spacial score (nSPS) is 24.9. The van der Waals surface area contributed by atoms with Crippen LogP contribution in [0.5, 0.6) is 0 Å². The van der Waals surface area contributed by atoms with E-state index in [1.807, 2.05) is 0 Å². The van der Waals surface area contributed by atoms with E-state index in [0.717, 1.165) is 45.3 Å². The molecule has 1 saturated carbocycles. The van der Waals surface area contributed by atoms with Gasteiger partial charge in [0.25, 0.3) is 0 Å². The number of urea groups is 1. The first-order chi connectivity index (χ1) is 9.58. The Hall–Kier alpha value is -1.30. The number of piperidine rings is 1. The standard InChI is InChI=1S/C14H25N3O3/c1-2-17-7-3-4-11(9-17)15-14(20)16-12(8-13(18)19)10-5-6-10/h10-12H,2-9H2,1H3,(H,18,19)(H2,15,16,20). The highest BCUT2D eigenvalue weighted by Crippen LogP contribution is 2.34. The number of carbonyl (C=O) groups excluding carboxylic acids is 1. The third-order valence-electron chi connectivity index (χ3n) is 4.19. The minimum absolute atomic E-state index is 0.0177. The van der Waals surface area contributed by atoms with Crippen LogP contribution in [-0.2, 0) is 4.79 Å². The van der Waals surface area contributed by atoms with Gasteiger partial charge in [-0.2, -0.15) is 0 Å². The molecule has 114 valence electrons. The number of carboxylic acids is 1. The summed E-state index contributed by atoms with van der Waals surface area (Å²) in [6.45, 7) is 5.11. The van der Waals surface area contributed by atoms with E-state index in [0.29, 0.717) is 5.92 Å². The molecule has 1 heterocycles. The van der Waals surface area contributed by atoms with Gasteiger partial charge in [-0.1, -0.05) is 6.92 Å². The first-order valence-electron chi connectivity index (χ1n) is 7.59. The van der Waals surface area contributed by atoms with E-state index in [4.69, 9.17) is 5.11 Å². The van der Waals surface area contributed by atoms with E-state index < -0.39 is 5.97 Å². The summed E-state index contributed by atoms with van der Waals surface area (Å²) in [5, 5.41) is 14.7. The number of amides is 2. The van der Waals surface area contributed by atoms with Gasteiger partial charge in [0.05, 0.1) is 6.42 Å². The van der Waals surface area contributed by atoms with Crippen LogP contribution in [0.4, 0.5) is 4.79 Å². The number of hydrogen-bond acceptors (Lipinski definition) is 3. The van der Waals surface area contributed by atoms with Crippen LogP contribution in [0, 0.1) is 5.92 Å². The molecule has 2 aliphatic rings. The zero-order chi connectivity index (χ0) is 14.5. The highest BCUT2D eigenvalue weighted by Gasteiger charge is 2.34. The molecule has 3 N–H and O–H groups in total. The van der Waals surface area contributed by atoms with Crippen molar-refractivity contribution >= 4 is 12.0 Å². The highest BCUT2D eigenvalue weighted by molar-refractivity contribution is 5.76. The summed E-state index contributed by atoms with van der Waals surface area (Å²) < 4.78 is 0. The molecule has 1 saturated heterocycles. The molecule has 0 aromatic heterocycles. The summed E-state index contributed by atoms with van der Waals surface area (Å²) in [5.74, 6) is -0.507. The van der Waals surface area contributed by atoms with Crippen molar-refractivity contribution in [2.24, 2.45) is 5.92 Å². The van der Waals surface area contributed by atoms with Crippen LogP contribution in [0.3, 0.4) is 0 Å². The minimum atomic E-state index is -0.850. The molecule has 6 nitrogen and oxygen atoms in total. The Morgan fingerprint density at radius 1 is 1.35 bits per heavy atom. The number of rotatable bonds is 6. The van der Waals surface area contributed by atoms with E-state index in [-0.39, 0.29) is 24.5 Å². The molecule has 2 rings (SSSR count). The first kappa shape index (κ1) is 15.1. The van der Waals surface area contributed by atoms with Crippen LogP contribution in [0.1, 0.15) is 39.0 Å². The van der Waals surface area contributed by atoms with Gasteiger partial charge in [-0.15, -0.1) is 0 Å². The van der Waals surface area contributed by atoms with Crippen molar-refractivity contribution in [2.45, 2.75) is 51.1 Å². The molecule has 1 aliphatic heterocycles. The molecule has 0 spiro atoms. The summed E-state index contributed by atoms with van der Waals surface area (Å²) in [6.07, 6.45) is 4.15. The molecule has 2 fully saturated rings. The largest absolute Gasteiger partial charge is 0.481 e. The number of hydrogen-bond donors (Lipinski definition) is 3. The first-order valence-corrected chi connectivity index (χ1v) is 7.59. The summed E-state index contributed by atoms with van der Waals surface area (Å²) >= 11 is 0. The molecule has 0 bridgehead atoms. The predicted octanol–water partition coefficient (Wildman–Crippen LogP) is 1.02. The fraction of sp³-hybridized carbons (Fsp3) is 0.857. The number of nitrogens with one attached hydrogen (secondary N) is 2. The van der Waals surface area contributed by atoms with Gasteiger partial charge >= 0.3 is 12.0 Å². The van der Waals surface area contributed by atoms with Gasteiger partial charge in [0, 0.05) is 18.6 Å². The van der Waals surface area contributed by atoms with Gasteiger partial charge in [-0.25, -0.2) is 4.79 Å². The molecule has 0 aromatic carbocycles. The summed E-state index contributed by atoms with van der Waals surface area (Å²) in [4.78, 5) is 25.1. The number of likely N-dealkylation sites (N-methyl/N-ethyl adjacent to an activating group) is 1. The Bertz CT molecular complexity index is 358. The Morgan fingerprint density at radius 3 is 2.70 bits per heavy atom. The number of aliphatic carboxylic acids is 1. The highest BCUT2D eigenvalue weighted by atomic mass is 16.4. The fourth-order valence-electron chi connectivity index (χ4n) is 2.88. The Kier molecular flexibility index (Phi) is 5.23. The van der Waals surface area contributed by atoms with Crippen LogP contribution in [-0.4, -0.2) is 53.7 Å². The minimum Gasteiger partial charge on any atom is -0.481 e. The van der Waals surface area contributed by atoms with Gasteiger partial charge in [0.1, 0.15) is 0 Å². The Labute approximate surface area is 119 Å². The third-order valence-corrected chi connectivity index (χ3v) is 4.19. The van der Waals surface area contributed by atoms with Crippen LogP contribution in [0.15, 0.2) is 0 Å². The summed E-state index contributed by atoms with van der Waals surface area (Å²) in [7, 11) is 0. The molecule has 20 heavy (non-hydrogen) atoms. The average Bonchev–Trinajstić information content (AvgIpc) is 3.21. The van der Waals surface area contributed by atoms with Crippen molar-refractivity contribution < 1.29 is 14.7 Å². The zero-order valence-electron chi connectivity index (χ0n) is 12.1. The zero-order valence-corrected chi connectivity index (χ0v) is 12.1. The predicted molar refractivity (Wildman–Crippen MR) is 75.6 cm³/mol. The topological polar surface area (TPSA) is 81.7 Å². The van der Waals surface area contributed by atoms with Crippen molar-refractivity contribution in [3.63, 3.8) is 0 Å². The van der Waals surface area contributed by atoms with Gasteiger partial charge in [-0.3, -0.25) is 4.79 Å². The molecule has 6 heteroatoms. The second-order valence-corrected chi connectivity index (χ2v) is 5.89. The van der Waals surface area contributed by atoms with Crippen molar-refractivity contribution in [1.82, 2.24) is 15.5 Å². The van der Waals surface area contributed by atoms with Crippen molar-refractivity contribution in [2.75, 3.05) is 19.6 Å². The van der Waals surface area contributed by atoms with E-state index in [9.17, 15) is 9.59 Å². The number of likely N-dealkylation sites (tertiary alicyclic amines) is 1. The molecule has 0 radical (unpaired) electrons. The lowest BCUT2D eigenvalue weighted by Crippen LogP contribution is -2.52. The lowest BCUT2D eigenvalue weighted by atomic mass is 10.1. The van der Waals surface area contributed by atoms with Crippen molar-refractivity contribution in [1.29, 1.82) is 0 Å². The van der Waals surface area contributed by atoms with Crippen molar-refractivity contribution in [3.8, 4) is 0 Å². The van der Waals surface area contributed by atoms with Crippen LogP contribution < -0.4 is 10.6 Å². The molecule has 0 aromatic rings. The average molecular weight is 283 g/mol. The van der Waals surface area contributed by atoms with Crippen LogP contribution in [0.25, 0.3) is 0 Å². The Morgan fingerprint density at radius 2 is 2.10 bits per heavy atom.